The number of aliphatic hydroxyl groups excluding tert-OH is 1. The Kier molecular flexibility index (Phi) is 11.4. The second-order valence-corrected chi connectivity index (χ2v) is 23.6. The highest BCUT2D eigenvalue weighted by atomic mass is 28.3. The number of para-hydroxylation sites is 4. The second kappa shape index (κ2) is 17.7. The minimum atomic E-state index is -2.56. The topological polar surface area (TPSA) is 149 Å². The molecule has 1 fully saturated rings. The van der Waals surface area contributed by atoms with Crippen LogP contribution in [0.1, 0.15) is 41.8 Å². The van der Waals surface area contributed by atoms with E-state index in [9.17, 15) is 14.7 Å². The first-order chi connectivity index (χ1) is 34.0. The van der Waals surface area contributed by atoms with Crippen molar-refractivity contribution in [1.82, 2.24) is 15.0 Å². The molecule has 3 amide bonds. The first-order valence-electron chi connectivity index (χ1n) is 23.6. The minimum Gasteiger partial charge on any atom is -0.497 e. The van der Waals surface area contributed by atoms with E-state index < -0.39 is 25.9 Å². The summed E-state index contributed by atoms with van der Waals surface area (Å²) >= 11 is 0. The van der Waals surface area contributed by atoms with Gasteiger partial charge in [0.15, 0.2) is 18.8 Å². The average Bonchev–Trinajstić information content (AvgIpc) is 4.06. The molecule has 0 saturated carbocycles. The Morgan fingerprint density at radius 3 is 2.03 bits per heavy atom. The van der Waals surface area contributed by atoms with Crippen molar-refractivity contribution in [3.63, 3.8) is 0 Å². The number of methoxy groups -OCH3 is 1. The quantitative estimate of drug-likeness (QED) is 0.119. The molecule has 1 aromatic heterocycles. The molecule has 5 heterocycles. The summed E-state index contributed by atoms with van der Waals surface area (Å²) in [6, 6.07) is 46.0. The van der Waals surface area contributed by atoms with E-state index in [1.54, 1.807) is 27.8 Å². The average molecular weight is 953 g/mol. The van der Waals surface area contributed by atoms with E-state index in [0.29, 0.717) is 64.2 Å². The molecule has 1 saturated heterocycles. The molecule has 70 heavy (non-hydrogen) atoms. The fraction of sp³-hybridized carbons (Fsp3) is 0.255. The summed E-state index contributed by atoms with van der Waals surface area (Å²) in [7, 11) is -0.904. The summed E-state index contributed by atoms with van der Waals surface area (Å²) in [6.07, 6.45) is 0.899. The molecule has 0 radical (unpaired) electrons. The zero-order chi connectivity index (χ0) is 48.3. The van der Waals surface area contributed by atoms with Crippen LogP contribution in [0.2, 0.25) is 18.6 Å². The Morgan fingerprint density at radius 1 is 0.757 bits per heavy atom. The molecule has 11 rings (SSSR count). The molecule has 0 unspecified atom stereocenters. The zero-order valence-electron chi connectivity index (χ0n) is 39.3. The molecule has 5 atom stereocenters. The molecule has 15 heteroatoms. The third-order valence-electron chi connectivity index (χ3n) is 14.6. The number of hydrogen-bond acceptors (Lipinski definition) is 10. The number of aliphatic hydroxyl groups is 1. The van der Waals surface area contributed by atoms with Gasteiger partial charge in [-0.3, -0.25) is 28.9 Å². The normalized spacial score (nSPS) is 21.0. The summed E-state index contributed by atoms with van der Waals surface area (Å²) in [5.41, 5.74) is 4.40. The fourth-order valence-electron chi connectivity index (χ4n) is 11.2. The van der Waals surface area contributed by atoms with Gasteiger partial charge in [0.1, 0.15) is 29.0 Å². The Morgan fingerprint density at radius 2 is 1.37 bits per heavy atom. The van der Waals surface area contributed by atoms with E-state index in [2.05, 4.69) is 42.5 Å². The number of carbonyl (C=O) groups excluding carboxylic acids is 3. The lowest BCUT2D eigenvalue weighted by molar-refractivity contribution is -0.146. The maximum absolute atomic E-state index is 15.9. The summed E-state index contributed by atoms with van der Waals surface area (Å²) in [5, 5.41) is 21.2. The first-order valence-corrected chi connectivity index (χ1v) is 26.6. The van der Waals surface area contributed by atoms with Gasteiger partial charge in [-0.2, -0.15) is 0 Å². The molecule has 0 bridgehead atoms. The Labute approximate surface area is 406 Å². The number of ether oxygens (including phenoxy) is 4. The van der Waals surface area contributed by atoms with Crippen LogP contribution >= 0.6 is 0 Å². The highest BCUT2D eigenvalue weighted by Crippen LogP contribution is 2.61. The van der Waals surface area contributed by atoms with Gasteiger partial charge in [-0.25, -0.2) is 0 Å². The van der Waals surface area contributed by atoms with Crippen LogP contribution in [0.3, 0.4) is 0 Å². The number of anilines is 5. The van der Waals surface area contributed by atoms with Crippen molar-refractivity contribution in [2.75, 3.05) is 35.0 Å². The molecular weight excluding hydrogens is 901 g/mol. The van der Waals surface area contributed by atoms with Crippen molar-refractivity contribution >= 4 is 59.4 Å². The lowest BCUT2D eigenvalue weighted by Gasteiger charge is -2.37. The molecule has 4 aliphatic rings. The van der Waals surface area contributed by atoms with Crippen molar-refractivity contribution in [2.24, 2.45) is 5.92 Å². The van der Waals surface area contributed by atoms with Crippen molar-refractivity contribution < 1.29 is 38.4 Å². The number of fused-ring (bicyclic) bond motifs is 4. The van der Waals surface area contributed by atoms with Crippen LogP contribution in [0.25, 0.3) is 0 Å². The smallest absolute Gasteiger partial charge is 0.269 e. The van der Waals surface area contributed by atoms with E-state index >= 15 is 4.79 Å². The molecule has 6 aromatic carbocycles. The maximum Gasteiger partial charge on any atom is 0.269 e. The highest BCUT2D eigenvalue weighted by molar-refractivity contribution is 6.91. The predicted octanol–water partition coefficient (Wildman–Crippen LogP) is 8.34. The van der Waals surface area contributed by atoms with Crippen LogP contribution in [-0.4, -0.2) is 72.3 Å². The summed E-state index contributed by atoms with van der Waals surface area (Å²) in [5.74, 6) is 1.03. The molecule has 1 N–H and O–H groups in total. The summed E-state index contributed by atoms with van der Waals surface area (Å²) < 4.78 is 26.4. The van der Waals surface area contributed by atoms with Gasteiger partial charge in [0.2, 0.25) is 0 Å². The number of amides is 3. The standard InChI is InChI=1S/C55H52N6O8Si/c1-35-53(70(3,4)41-25-23-40(66-2)24-26-41)49(28-29-58-32-43(56-57-58)52(64)37-12-6-5-7-13-37)69-55(35)42-30-39(61-46-15-9-11-17-48(46)68-34-51(61)63)22-27-44(42)59(54(55)65)31-36-18-20-38(21-19-36)60-45-14-8-10-16-47(45)67-33-50(60)62/h5-27,30,32,35,49,52-53,64H,28-29,31,33-34H2,1-4H3/t35-,49+,52+,53-,55+/m0/s1. The minimum absolute atomic E-state index is 0.0703. The fourth-order valence-corrected chi connectivity index (χ4v) is 15.2. The number of carbonyl (C=O) groups is 3. The number of aromatic nitrogens is 3. The molecule has 354 valence electrons. The zero-order valence-corrected chi connectivity index (χ0v) is 40.3. The van der Waals surface area contributed by atoms with E-state index in [1.165, 1.54) is 5.19 Å². The summed E-state index contributed by atoms with van der Waals surface area (Å²) in [6.45, 7) is 7.25. The van der Waals surface area contributed by atoms with Crippen molar-refractivity contribution in [3.8, 4) is 17.2 Å². The number of nitrogens with zero attached hydrogens (tertiary/aromatic N) is 6. The molecule has 1 spiro atoms. The van der Waals surface area contributed by atoms with Gasteiger partial charge in [0, 0.05) is 29.4 Å². The van der Waals surface area contributed by atoms with Gasteiger partial charge in [0.25, 0.3) is 17.7 Å². The van der Waals surface area contributed by atoms with E-state index in [1.807, 2.05) is 138 Å². The molecular formula is C55H52N6O8Si. The van der Waals surface area contributed by atoms with E-state index in [4.69, 9.17) is 18.9 Å². The summed E-state index contributed by atoms with van der Waals surface area (Å²) in [4.78, 5) is 48.2. The van der Waals surface area contributed by atoms with Gasteiger partial charge in [-0.05, 0) is 89.8 Å². The van der Waals surface area contributed by atoms with Crippen molar-refractivity contribution in [1.29, 1.82) is 0 Å². The number of benzene rings is 6. The predicted molar refractivity (Wildman–Crippen MR) is 267 cm³/mol. The van der Waals surface area contributed by atoms with Gasteiger partial charge >= 0.3 is 0 Å². The highest BCUT2D eigenvalue weighted by Gasteiger charge is 2.66. The maximum atomic E-state index is 15.9. The molecule has 0 aliphatic carbocycles. The largest absolute Gasteiger partial charge is 0.497 e. The van der Waals surface area contributed by atoms with Crippen LogP contribution in [0.4, 0.5) is 28.4 Å². The monoisotopic (exact) mass is 952 g/mol. The van der Waals surface area contributed by atoms with Gasteiger partial charge in [0.05, 0.1) is 51.1 Å². The van der Waals surface area contributed by atoms with E-state index in [-0.39, 0.29) is 48.9 Å². The number of aryl methyl sites for hydroxylation is 1. The number of rotatable bonds is 12. The second-order valence-electron chi connectivity index (χ2n) is 18.9. The van der Waals surface area contributed by atoms with Crippen molar-refractivity contribution in [2.45, 2.75) is 62.9 Å². The van der Waals surface area contributed by atoms with Crippen LogP contribution in [0, 0.1) is 5.92 Å². The Bertz CT molecular complexity index is 3130. The lowest BCUT2D eigenvalue weighted by Crippen LogP contribution is -2.51. The third-order valence-corrected chi connectivity index (χ3v) is 19.0. The van der Waals surface area contributed by atoms with E-state index in [0.717, 1.165) is 16.9 Å². The SMILES string of the molecule is COc1ccc([Si](C)(C)[C@@H]2[C@@H](CCn3cc([C@H](O)c4ccccc4)nn3)O[C@]3(C(=O)N(Cc4ccc(N5C(=O)COc6ccccc65)cc4)c4ccc(N5C(=O)COc6ccccc65)cc43)[C@H]2C)cc1. The first kappa shape index (κ1) is 44.9. The van der Waals surface area contributed by atoms with Crippen LogP contribution in [-0.2, 0) is 37.8 Å². The molecule has 7 aromatic rings. The molecule has 4 aliphatic heterocycles. The lowest BCUT2D eigenvalue weighted by atomic mass is 9.82. The van der Waals surface area contributed by atoms with Crippen molar-refractivity contribution in [3.05, 3.63) is 174 Å². The van der Waals surface area contributed by atoms with Crippen LogP contribution < -0.4 is 34.1 Å². The number of hydrogen-bond donors (Lipinski definition) is 1. The van der Waals surface area contributed by atoms with Crippen LogP contribution in [0.5, 0.6) is 17.2 Å². The van der Waals surface area contributed by atoms with Gasteiger partial charge < -0.3 is 29.0 Å². The third kappa shape index (κ3) is 7.52. The van der Waals surface area contributed by atoms with Gasteiger partial charge in [-0.15, -0.1) is 5.10 Å². The Balaban J connectivity index is 0.990. The van der Waals surface area contributed by atoms with Gasteiger partial charge in [-0.1, -0.05) is 109 Å². The Hall–Kier alpha value is -7.59. The van der Waals surface area contributed by atoms with Crippen LogP contribution in [0.15, 0.2) is 152 Å². The molecule has 14 nitrogen and oxygen atoms in total.